The van der Waals surface area contributed by atoms with E-state index in [9.17, 15) is 0 Å². The first-order valence-corrected chi connectivity index (χ1v) is 15.2. The third kappa shape index (κ3) is 4.32. The molecule has 0 unspecified atom stereocenters. The zero-order valence-electron chi connectivity index (χ0n) is 25.0. The fourth-order valence-corrected chi connectivity index (χ4v) is 6.33. The van der Waals surface area contributed by atoms with Crippen molar-refractivity contribution < 1.29 is 13.6 Å². The molecule has 7 nitrogen and oxygen atoms in total. The molecule has 0 N–H and O–H groups in total. The van der Waals surface area contributed by atoms with E-state index in [0.29, 0.717) is 23.8 Å². The van der Waals surface area contributed by atoms with Crippen molar-refractivity contribution in [1.82, 2.24) is 9.88 Å². The molecule has 7 heteroatoms. The molecule has 8 aromatic rings. The summed E-state index contributed by atoms with van der Waals surface area (Å²) < 4.78 is 19.8. The Labute approximate surface area is 264 Å². The van der Waals surface area contributed by atoms with Crippen LogP contribution in [0.2, 0.25) is 0 Å². The fourth-order valence-electron chi connectivity index (χ4n) is 6.33. The molecule has 222 valence electrons. The van der Waals surface area contributed by atoms with Crippen molar-refractivity contribution in [1.29, 1.82) is 0 Å². The first-order chi connectivity index (χ1) is 22.7. The molecule has 1 aliphatic rings. The van der Waals surface area contributed by atoms with Gasteiger partial charge in [0.2, 0.25) is 0 Å². The molecule has 0 saturated heterocycles. The number of benzene rings is 5. The van der Waals surface area contributed by atoms with E-state index in [-0.39, 0.29) is 0 Å². The molecule has 9 rings (SSSR count). The van der Waals surface area contributed by atoms with Gasteiger partial charge in [0.1, 0.15) is 22.7 Å². The molecular weight excluding hydrogens is 572 g/mol. The Morgan fingerprint density at radius 2 is 1.35 bits per heavy atom. The maximum Gasteiger partial charge on any atom is 0.178 e. The summed E-state index contributed by atoms with van der Waals surface area (Å²) in [6.07, 6.45) is 5.93. The van der Waals surface area contributed by atoms with E-state index in [0.717, 1.165) is 61.2 Å². The van der Waals surface area contributed by atoms with E-state index in [4.69, 9.17) is 18.6 Å². The zero-order chi connectivity index (χ0) is 30.6. The summed E-state index contributed by atoms with van der Waals surface area (Å²) in [5.74, 6) is 2.08. The standard InChI is InChI=1S/C39H28N4O3/c1-41-19-20-42(25-41)33-24-28(23-32-30-14-6-7-15-34(30)45-38(32)33)44-36-22-27(21-31-29-13-5-8-16-35(29)46-39(31)36)43(26-11-3-2-4-12-26)37-17-9-10-18-40-37/h2-24H,25H2,1H3. The van der Waals surface area contributed by atoms with Gasteiger partial charge in [0.25, 0.3) is 0 Å². The molecule has 0 atom stereocenters. The molecule has 0 spiro atoms. The quantitative estimate of drug-likeness (QED) is 0.188. The summed E-state index contributed by atoms with van der Waals surface area (Å²) in [6, 6.07) is 40.7. The lowest BCUT2D eigenvalue weighted by Crippen LogP contribution is -2.21. The van der Waals surface area contributed by atoms with E-state index in [1.807, 2.05) is 91.1 Å². The number of furan rings is 2. The second kappa shape index (κ2) is 10.5. The van der Waals surface area contributed by atoms with Crippen molar-refractivity contribution in [2.45, 2.75) is 0 Å². The van der Waals surface area contributed by atoms with Crippen molar-refractivity contribution in [3.8, 4) is 11.5 Å². The van der Waals surface area contributed by atoms with Gasteiger partial charge in [0.15, 0.2) is 16.9 Å². The average Bonchev–Trinajstić information content (AvgIpc) is 3.81. The number of aromatic nitrogens is 1. The topological polar surface area (TPSA) is 58.1 Å². The van der Waals surface area contributed by atoms with Gasteiger partial charge < -0.3 is 23.4 Å². The maximum atomic E-state index is 6.89. The van der Waals surface area contributed by atoms with Crippen LogP contribution in [-0.4, -0.2) is 23.6 Å². The van der Waals surface area contributed by atoms with Crippen molar-refractivity contribution in [2.24, 2.45) is 0 Å². The highest BCUT2D eigenvalue weighted by atomic mass is 16.5. The van der Waals surface area contributed by atoms with Gasteiger partial charge in [-0.2, -0.15) is 0 Å². The van der Waals surface area contributed by atoms with Gasteiger partial charge in [-0.25, -0.2) is 4.98 Å². The molecule has 0 fully saturated rings. The highest BCUT2D eigenvalue weighted by molar-refractivity contribution is 6.11. The first-order valence-electron chi connectivity index (χ1n) is 15.2. The Hall–Kier alpha value is -6.21. The highest BCUT2D eigenvalue weighted by Gasteiger charge is 2.23. The van der Waals surface area contributed by atoms with Crippen LogP contribution in [-0.2, 0) is 0 Å². The Bertz CT molecular complexity index is 2370. The van der Waals surface area contributed by atoms with Crippen molar-refractivity contribution in [3.63, 3.8) is 0 Å². The number of ether oxygens (including phenoxy) is 1. The van der Waals surface area contributed by atoms with Crippen LogP contribution < -0.4 is 14.5 Å². The van der Waals surface area contributed by atoms with Crippen LogP contribution in [0.25, 0.3) is 43.9 Å². The Kier molecular flexibility index (Phi) is 5.96. The number of para-hydroxylation sites is 3. The third-order valence-electron chi connectivity index (χ3n) is 8.43. The van der Waals surface area contributed by atoms with Crippen LogP contribution in [0, 0.1) is 0 Å². The van der Waals surface area contributed by atoms with Crippen molar-refractivity contribution in [3.05, 3.63) is 140 Å². The normalized spacial score (nSPS) is 13.1. The van der Waals surface area contributed by atoms with E-state index in [1.165, 1.54) is 0 Å². The SMILES string of the molecule is CN1C=CN(c2cc(Oc3cc(N(c4ccccc4)c4ccccn4)cc4c3oc3ccccc34)cc3c2oc2ccccc23)C1. The number of pyridine rings is 1. The zero-order valence-corrected chi connectivity index (χ0v) is 25.0. The minimum absolute atomic E-state index is 0.604. The van der Waals surface area contributed by atoms with Gasteiger partial charge in [-0.3, -0.25) is 4.90 Å². The van der Waals surface area contributed by atoms with Crippen LogP contribution >= 0.6 is 0 Å². The lowest BCUT2D eigenvalue weighted by atomic mass is 10.1. The molecule has 5 aromatic carbocycles. The van der Waals surface area contributed by atoms with Crippen molar-refractivity contribution >= 4 is 66.8 Å². The molecule has 0 saturated carbocycles. The number of hydrogen-bond donors (Lipinski definition) is 0. The maximum absolute atomic E-state index is 6.89. The minimum Gasteiger partial charge on any atom is -0.454 e. The molecular formula is C39H28N4O3. The Morgan fingerprint density at radius 3 is 2.07 bits per heavy atom. The molecule has 0 aliphatic carbocycles. The summed E-state index contributed by atoms with van der Waals surface area (Å²) in [6.45, 7) is 0.703. The Balaban J connectivity index is 1.27. The predicted molar refractivity (Wildman–Crippen MR) is 184 cm³/mol. The number of rotatable bonds is 6. The van der Waals surface area contributed by atoms with Crippen LogP contribution in [0.1, 0.15) is 0 Å². The van der Waals surface area contributed by atoms with E-state index < -0.39 is 0 Å². The third-order valence-corrected chi connectivity index (χ3v) is 8.43. The molecule has 0 bridgehead atoms. The molecule has 0 amide bonds. The Morgan fingerprint density at radius 1 is 0.652 bits per heavy atom. The van der Waals surface area contributed by atoms with Crippen LogP contribution in [0.3, 0.4) is 0 Å². The van der Waals surface area contributed by atoms with Gasteiger partial charge in [0.05, 0.1) is 18.0 Å². The van der Waals surface area contributed by atoms with E-state index in [1.54, 1.807) is 0 Å². The van der Waals surface area contributed by atoms with Crippen LogP contribution in [0.5, 0.6) is 11.5 Å². The van der Waals surface area contributed by atoms with E-state index >= 15 is 0 Å². The van der Waals surface area contributed by atoms with Gasteiger partial charge >= 0.3 is 0 Å². The summed E-state index contributed by atoms with van der Waals surface area (Å²) in [4.78, 5) is 11.2. The smallest absolute Gasteiger partial charge is 0.178 e. The number of fused-ring (bicyclic) bond motifs is 6. The lowest BCUT2D eigenvalue weighted by Gasteiger charge is -2.25. The largest absolute Gasteiger partial charge is 0.454 e. The average molecular weight is 601 g/mol. The van der Waals surface area contributed by atoms with Gasteiger partial charge in [-0.1, -0.05) is 60.7 Å². The monoisotopic (exact) mass is 600 g/mol. The van der Waals surface area contributed by atoms with E-state index in [2.05, 4.69) is 70.5 Å². The number of anilines is 4. The molecule has 3 aromatic heterocycles. The minimum atomic E-state index is 0.604. The predicted octanol–water partition coefficient (Wildman–Crippen LogP) is 10.3. The summed E-state index contributed by atoms with van der Waals surface area (Å²) >= 11 is 0. The molecule has 0 radical (unpaired) electrons. The van der Waals surface area contributed by atoms with Crippen molar-refractivity contribution in [2.75, 3.05) is 23.5 Å². The van der Waals surface area contributed by atoms with Crippen LogP contribution in [0.4, 0.5) is 22.9 Å². The summed E-state index contributed by atoms with van der Waals surface area (Å²) in [5.41, 5.74) is 5.95. The first kappa shape index (κ1) is 26.2. The summed E-state index contributed by atoms with van der Waals surface area (Å²) in [7, 11) is 2.05. The second-order valence-corrected chi connectivity index (χ2v) is 11.5. The second-order valence-electron chi connectivity index (χ2n) is 11.5. The van der Waals surface area contributed by atoms with Gasteiger partial charge in [-0.05, 0) is 48.5 Å². The molecule has 46 heavy (non-hydrogen) atoms. The van der Waals surface area contributed by atoms with Crippen LogP contribution in [0.15, 0.2) is 149 Å². The molecule has 4 heterocycles. The fraction of sp³-hybridized carbons (Fsp3) is 0.0513. The number of nitrogens with zero attached hydrogens (tertiary/aromatic N) is 4. The molecule has 1 aliphatic heterocycles. The number of hydrogen-bond acceptors (Lipinski definition) is 7. The van der Waals surface area contributed by atoms with Gasteiger partial charge in [-0.15, -0.1) is 0 Å². The summed E-state index contributed by atoms with van der Waals surface area (Å²) in [5, 5.41) is 4.00. The highest BCUT2D eigenvalue weighted by Crippen LogP contribution is 2.45. The lowest BCUT2D eigenvalue weighted by molar-refractivity contribution is 0.475. The van der Waals surface area contributed by atoms with Gasteiger partial charge in [0, 0.05) is 65.0 Å².